The van der Waals surface area contributed by atoms with Crippen molar-refractivity contribution in [3.05, 3.63) is 36.0 Å². The molecule has 1 aliphatic heterocycles. The summed E-state index contributed by atoms with van der Waals surface area (Å²) in [4.78, 5) is 27.8. The van der Waals surface area contributed by atoms with E-state index in [1.54, 1.807) is 0 Å². The highest BCUT2D eigenvalue weighted by Crippen LogP contribution is 2.35. The molecule has 2 aliphatic rings. The lowest BCUT2D eigenvalue weighted by molar-refractivity contribution is -0.180. The van der Waals surface area contributed by atoms with Crippen molar-refractivity contribution in [2.75, 3.05) is 13.2 Å². The number of H-pyrrole nitrogens is 1. The van der Waals surface area contributed by atoms with Crippen molar-refractivity contribution in [2.24, 2.45) is 0 Å². The van der Waals surface area contributed by atoms with Gasteiger partial charge in [-0.2, -0.15) is 0 Å². The predicted octanol–water partition coefficient (Wildman–Crippen LogP) is 2.02. The number of carbonyl (C=O) groups excluding carboxylic acids is 2. The van der Waals surface area contributed by atoms with Crippen LogP contribution in [0.15, 0.2) is 30.5 Å². The first kappa shape index (κ1) is 19.0. The zero-order chi connectivity index (χ0) is 19.6. The number of aromatic amines is 1. The van der Waals surface area contributed by atoms with Crippen molar-refractivity contribution >= 4 is 22.7 Å². The number of nitrogens with one attached hydrogen (secondary N) is 3. The molecule has 1 aromatic carbocycles. The van der Waals surface area contributed by atoms with Gasteiger partial charge in [0.15, 0.2) is 5.79 Å². The molecule has 28 heavy (non-hydrogen) atoms. The molecule has 7 heteroatoms. The number of benzene rings is 1. The standard InChI is InChI=1S/C21H27N3O4/c1-14(25)23-19(12-15-13-22-18-5-3-2-4-17(15)18)20(26)24-16-6-8-21(9-7-16)27-10-11-28-21/h2-5,13,16,19,22H,6-12H2,1H3,(H,23,25)(H,24,26)/t19-/m0/s1. The summed E-state index contributed by atoms with van der Waals surface area (Å²) in [6, 6.07) is 7.42. The monoisotopic (exact) mass is 385 g/mol. The molecule has 4 rings (SSSR count). The van der Waals surface area contributed by atoms with Crippen molar-refractivity contribution in [1.29, 1.82) is 0 Å². The summed E-state index contributed by atoms with van der Waals surface area (Å²) in [5.41, 5.74) is 2.04. The third-order valence-electron chi connectivity index (χ3n) is 5.70. The van der Waals surface area contributed by atoms with E-state index in [-0.39, 0.29) is 17.9 Å². The summed E-state index contributed by atoms with van der Waals surface area (Å²) in [5.74, 6) is -0.799. The summed E-state index contributed by atoms with van der Waals surface area (Å²) >= 11 is 0. The largest absolute Gasteiger partial charge is 0.361 e. The molecule has 0 radical (unpaired) electrons. The first-order valence-corrected chi connectivity index (χ1v) is 9.95. The Balaban J connectivity index is 1.41. The Kier molecular flexibility index (Phi) is 5.37. The molecule has 1 aliphatic carbocycles. The van der Waals surface area contributed by atoms with Crippen LogP contribution in [0.1, 0.15) is 38.2 Å². The fraction of sp³-hybridized carbons (Fsp3) is 0.524. The van der Waals surface area contributed by atoms with E-state index >= 15 is 0 Å². The van der Waals surface area contributed by atoms with E-state index in [1.165, 1.54) is 6.92 Å². The van der Waals surface area contributed by atoms with Crippen LogP contribution < -0.4 is 10.6 Å². The third-order valence-corrected chi connectivity index (χ3v) is 5.70. The highest BCUT2D eigenvalue weighted by atomic mass is 16.7. The van der Waals surface area contributed by atoms with Crippen molar-refractivity contribution in [1.82, 2.24) is 15.6 Å². The Labute approximate surface area is 164 Å². The molecule has 2 heterocycles. The fourth-order valence-electron chi connectivity index (χ4n) is 4.26. The highest BCUT2D eigenvalue weighted by molar-refractivity contribution is 5.89. The zero-order valence-corrected chi connectivity index (χ0v) is 16.1. The lowest BCUT2D eigenvalue weighted by atomic mass is 9.89. The minimum Gasteiger partial charge on any atom is -0.361 e. The third kappa shape index (κ3) is 4.05. The minimum atomic E-state index is -0.605. The van der Waals surface area contributed by atoms with Crippen LogP contribution in [0.3, 0.4) is 0 Å². The summed E-state index contributed by atoms with van der Waals surface area (Å²) in [6.07, 6.45) is 5.54. The van der Waals surface area contributed by atoms with E-state index < -0.39 is 11.8 Å². The Morgan fingerprint density at radius 1 is 1.21 bits per heavy atom. The summed E-state index contributed by atoms with van der Waals surface area (Å²) < 4.78 is 11.5. The normalized spacial score (nSPS) is 20.3. The molecule has 2 fully saturated rings. The molecule has 1 atom stereocenters. The molecule has 1 aromatic heterocycles. The van der Waals surface area contributed by atoms with E-state index in [2.05, 4.69) is 15.6 Å². The van der Waals surface area contributed by atoms with Crippen LogP contribution >= 0.6 is 0 Å². The van der Waals surface area contributed by atoms with Gasteiger partial charge in [0.05, 0.1) is 13.2 Å². The van der Waals surface area contributed by atoms with Crippen LogP contribution in [-0.2, 0) is 25.5 Å². The average molecular weight is 385 g/mol. The SMILES string of the molecule is CC(=O)N[C@@H](Cc1c[nH]c2ccccc12)C(=O)NC1CCC2(CC1)OCCO2. The molecule has 1 saturated carbocycles. The van der Waals surface area contributed by atoms with Crippen LogP contribution in [0.25, 0.3) is 10.9 Å². The van der Waals surface area contributed by atoms with Crippen molar-refractivity contribution in [3.63, 3.8) is 0 Å². The van der Waals surface area contributed by atoms with Crippen LogP contribution in [-0.4, -0.2) is 47.9 Å². The van der Waals surface area contributed by atoms with Gasteiger partial charge in [-0.15, -0.1) is 0 Å². The van der Waals surface area contributed by atoms with Gasteiger partial charge >= 0.3 is 0 Å². The van der Waals surface area contributed by atoms with Gasteiger partial charge in [0.25, 0.3) is 0 Å². The molecule has 3 N–H and O–H groups in total. The van der Waals surface area contributed by atoms with E-state index in [0.717, 1.165) is 42.1 Å². The number of hydrogen-bond donors (Lipinski definition) is 3. The number of carbonyl (C=O) groups is 2. The molecule has 0 bridgehead atoms. The van der Waals surface area contributed by atoms with E-state index in [0.29, 0.717) is 19.6 Å². The second kappa shape index (κ2) is 7.93. The number of para-hydroxylation sites is 1. The van der Waals surface area contributed by atoms with Crippen LogP contribution in [0, 0.1) is 0 Å². The van der Waals surface area contributed by atoms with Gasteiger partial charge in [-0.3, -0.25) is 9.59 Å². The van der Waals surface area contributed by atoms with Gasteiger partial charge in [-0.1, -0.05) is 18.2 Å². The van der Waals surface area contributed by atoms with Gasteiger partial charge in [0.2, 0.25) is 11.8 Å². The molecular formula is C21H27N3O4. The fourth-order valence-corrected chi connectivity index (χ4v) is 4.26. The molecule has 2 amide bonds. The quantitative estimate of drug-likeness (QED) is 0.734. The molecule has 0 unspecified atom stereocenters. The van der Waals surface area contributed by atoms with Crippen molar-refractivity contribution < 1.29 is 19.1 Å². The van der Waals surface area contributed by atoms with E-state index in [9.17, 15) is 9.59 Å². The Bertz CT molecular complexity index is 846. The molecule has 2 aromatic rings. The maximum absolute atomic E-state index is 12.9. The Morgan fingerprint density at radius 2 is 1.93 bits per heavy atom. The number of hydrogen-bond acceptors (Lipinski definition) is 4. The summed E-state index contributed by atoms with van der Waals surface area (Å²) in [6.45, 7) is 2.73. The number of amides is 2. The van der Waals surface area contributed by atoms with Gasteiger partial charge in [0.1, 0.15) is 6.04 Å². The zero-order valence-electron chi connectivity index (χ0n) is 16.1. The maximum atomic E-state index is 12.9. The number of rotatable bonds is 5. The first-order chi connectivity index (χ1) is 13.5. The molecule has 7 nitrogen and oxygen atoms in total. The molecule has 150 valence electrons. The van der Waals surface area contributed by atoms with Crippen LogP contribution in [0.5, 0.6) is 0 Å². The van der Waals surface area contributed by atoms with Crippen LogP contribution in [0.4, 0.5) is 0 Å². The van der Waals surface area contributed by atoms with E-state index in [1.807, 2.05) is 30.5 Å². The number of ether oxygens (including phenoxy) is 2. The second-order valence-corrected chi connectivity index (χ2v) is 7.71. The van der Waals surface area contributed by atoms with Gasteiger partial charge in [-0.25, -0.2) is 0 Å². The smallest absolute Gasteiger partial charge is 0.243 e. The summed E-state index contributed by atoms with van der Waals surface area (Å²) in [7, 11) is 0. The average Bonchev–Trinajstić information content (AvgIpc) is 3.31. The number of fused-ring (bicyclic) bond motifs is 1. The Hall–Kier alpha value is -2.38. The number of aromatic nitrogens is 1. The first-order valence-electron chi connectivity index (χ1n) is 9.95. The molecule has 1 saturated heterocycles. The lowest BCUT2D eigenvalue weighted by Gasteiger charge is -2.36. The lowest BCUT2D eigenvalue weighted by Crippen LogP contribution is -2.52. The molecule has 1 spiro atoms. The van der Waals surface area contributed by atoms with Gasteiger partial charge in [-0.05, 0) is 24.5 Å². The highest BCUT2D eigenvalue weighted by Gasteiger charge is 2.40. The second-order valence-electron chi connectivity index (χ2n) is 7.71. The predicted molar refractivity (Wildman–Crippen MR) is 105 cm³/mol. The van der Waals surface area contributed by atoms with Crippen LogP contribution in [0.2, 0.25) is 0 Å². The van der Waals surface area contributed by atoms with Crippen molar-refractivity contribution in [2.45, 2.75) is 56.9 Å². The minimum absolute atomic E-state index is 0.0742. The Morgan fingerprint density at radius 3 is 2.64 bits per heavy atom. The van der Waals surface area contributed by atoms with Gasteiger partial charge < -0.3 is 25.1 Å². The molecular weight excluding hydrogens is 358 g/mol. The van der Waals surface area contributed by atoms with Gasteiger partial charge in [0, 0.05) is 49.3 Å². The summed E-state index contributed by atoms with van der Waals surface area (Å²) in [5, 5.41) is 6.99. The van der Waals surface area contributed by atoms with E-state index in [4.69, 9.17) is 9.47 Å². The maximum Gasteiger partial charge on any atom is 0.243 e. The topological polar surface area (TPSA) is 92.5 Å². The van der Waals surface area contributed by atoms with Crippen molar-refractivity contribution in [3.8, 4) is 0 Å².